The maximum Gasteiger partial charge on any atom is 0.328 e. The number of methoxy groups -OCH3 is 1. The lowest BCUT2D eigenvalue weighted by Crippen LogP contribution is -2.43. The second-order valence-electron chi connectivity index (χ2n) is 6.41. The Morgan fingerprint density at radius 2 is 1.61 bits per heavy atom. The summed E-state index contributed by atoms with van der Waals surface area (Å²) in [7, 11) is 1.31. The molecule has 3 rings (SSSR count). The van der Waals surface area contributed by atoms with E-state index < -0.39 is 12.0 Å². The van der Waals surface area contributed by atoms with Gasteiger partial charge in [-0.15, -0.1) is 0 Å². The van der Waals surface area contributed by atoms with Gasteiger partial charge in [-0.05, 0) is 34.9 Å². The third kappa shape index (κ3) is 4.57. The van der Waals surface area contributed by atoms with Crippen molar-refractivity contribution in [2.45, 2.75) is 12.5 Å². The zero-order valence-corrected chi connectivity index (χ0v) is 15.6. The average Bonchev–Trinajstić information content (AvgIpc) is 2.74. The van der Waals surface area contributed by atoms with Gasteiger partial charge in [0, 0.05) is 17.7 Å². The van der Waals surface area contributed by atoms with Gasteiger partial charge in [0.05, 0.1) is 7.11 Å². The smallest absolute Gasteiger partial charge is 0.328 e. The summed E-state index contributed by atoms with van der Waals surface area (Å²) in [6.07, 6.45) is 0.342. The molecule has 0 aromatic heterocycles. The number of nitrogens with one attached hydrogen (secondary N) is 1. The number of hydrogen-bond acceptors (Lipinski definition) is 4. The number of carbonyl (C=O) groups excluding carboxylic acids is 2. The molecule has 3 aromatic carbocycles. The minimum atomic E-state index is -0.791. The predicted molar refractivity (Wildman–Crippen MR) is 110 cm³/mol. The van der Waals surface area contributed by atoms with Gasteiger partial charge in [-0.3, -0.25) is 4.79 Å². The number of amides is 1. The quantitative estimate of drug-likeness (QED) is 0.511. The Morgan fingerprint density at radius 1 is 0.964 bits per heavy atom. The van der Waals surface area contributed by atoms with Gasteiger partial charge < -0.3 is 15.8 Å². The molecule has 0 radical (unpaired) electrons. The fraction of sp³-hybridized carbons (Fsp3) is 0.130. The maximum atomic E-state index is 13.0. The fourth-order valence-electron chi connectivity index (χ4n) is 3.04. The number of benzene rings is 3. The zero-order valence-electron chi connectivity index (χ0n) is 15.6. The third-order valence-corrected chi connectivity index (χ3v) is 4.45. The van der Waals surface area contributed by atoms with E-state index in [1.165, 1.54) is 7.11 Å². The first-order valence-electron chi connectivity index (χ1n) is 8.96. The van der Waals surface area contributed by atoms with Crippen molar-refractivity contribution >= 4 is 17.6 Å². The molecule has 0 aliphatic heterocycles. The summed E-state index contributed by atoms with van der Waals surface area (Å²) >= 11 is 0. The molecule has 0 saturated carbocycles. The van der Waals surface area contributed by atoms with Crippen LogP contribution in [0.3, 0.4) is 0 Å². The van der Waals surface area contributed by atoms with Crippen molar-refractivity contribution in [2.24, 2.45) is 0 Å². The van der Waals surface area contributed by atoms with E-state index in [0.29, 0.717) is 23.2 Å². The van der Waals surface area contributed by atoms with Crippen LogP contribution in [0.2, 0.25) is 0 Å². The van der Waals surface area contributed by atoms with Crippen molar-refractivity contribution in [2.75, 3.05) is 12.8 Å². The Balaban J connectivity index is 1.89. The van der Waals surface area contributed by atoms with E-state index in [0.717, 1.165) is 11.1 Å². The van der Waals surface area contributed by atoms with Gasteiger partial charge in [0.1, 0.15) is 6.04 Å². The lowest BCUT2D eigenvalue weighted by Gasteiger charge is -2.18. The number of anilines is 1. The molecule has 3 N–H and O–H groups in total. The molecule has 3 aromatic rings. The lowest BCUT2D eigenvalue weighted by molar-refractivity contribution is -0.142. The van der Waals surface area contributed by atoms with Crippen LogP contribution >= 0.6 is 0 Å². The lowest BCUT2D eigenvalue weighted by atomic mass is 9.97. The van der Waals surface area contributed by atoms with Crippen molar-refractivity contribution < 1.29 is 14.3 Å². The molecule has 0 aliphatic carbocycles. The maximum absolute atomic E-state index is 13.0. The first-order valence-corrected chi connectivity index (χ1v) is 8.96. The Hall–Kier alpha value is -3.60. The summed E-state index contributed by atoms with van der Waals surface area (Å²) < 4.78 is 4.88. The molecule has 1 atom stereocenters. The Kier molecular flexibility index (Phi) is 6.07. The van der Waals surface area contributed by atoms with Crippen molar-refractivity contribution in [3.05, 3.63) is 90.0 Å². The molecular weight excluding hydrogens is 352 g/mol. The zero-order chi connectivity index (χ0) is 19.9. The van der Waals surface area contributed by atoms with E-state index in [1.54, 1.807) is 18.2 Å². The Morgan fingerprint density at radius 3 is 2.25 bits per heavy atom. The molecule has 0 aliphatic rings. The summed E-state index contributed by atoms with van der Waals surface area (Å²) in [5, 5.41) is 2.81. The first kappa shape index (κ1) is 19.2. The van der Waals surface area contributed by atoms with Crippen LogP contribution in [-0.4, -0.2) is 25.0 Å². The van der Waals surface area contributed by atoms with Gasteiger partial charge in [0.25, 0.3) is 5.91 Å². The van der Waals surface area contributed by atoms with Crippen LogP contribution in [0.25, 0.3) is 11.1 Å². The van der Waals surface area contributed by atoms with E-state index in [2.05, 4.69) is 5.32 Å². The number of nitrogen functional groups attached to an aromatic ring is 1. The van der Waals surface area contributed by atoms with Crippen molar-refractivity contribution in [3.63, 3.8) is 0 Å². The highest BCUT2D eigenvalue weighted by Crippen LogP contribution is 2.26. The van der Waals surface area contributed by atoms with Crippen molar-refractivity contribution in [1.82, 2.24) is 5.32 Å². The van der Waals surface area contributed by atoms with Crippen LogP contribution in [0.4, 0.5) is 5.69 Å². The average molecular weight is 374 g/mol. The summed E-state index contributed by atoms with van der Waals surface area (Å²) in [6.45, 7) is 0. The van der Waals surface area contributed by atoms with Crippen LogP contribution in [0.15, 0.2) is 78.9 Å². The third-order valence-electron chi connectivity index (χ3n) is 4.45. The number of rotatable bonds is 6. The van der Waals surface area contributed by atoms with E-state index in [4.69, 9.17) is 10.5 Å². The second kappa shape index (κ2) is 8.86. The van der Waals surface area contributed by atoms with Gasteiger partial charge in [0.2, 0.25) is 0 Å². The fourth-order valence-corrected chi connectivity index (χ4v) is 3.04. The number of carbonyl (C=O) groups is 2. The van der Waals surface area contributed by atoms with Gasteiger partial charge in [-0.25, -0.2) is 4.79 Å². The minimum absolute atomic E-state index is 0.342. The molecule has 28 heavy (non-hydrogen) atoms. The van der Waals surface area contributed by atoms with E-state index in [9.17, 15) is 9.59 Å². The molecule has 0 fully saturated rings. The Labute approximate surface area is 164 Å². The topological polar surface area (TPSA) is 81.4 Å². The molecule has 5 nitrogen and oxygen atoms in total. The molecule has 142 valence electrons. The number of nitrogens with two attached hydrogens (primary N) is 1. The number of hydrogen-bond donors (Lipinski definition) is 2. The minimum Gasteiger partial charge on any atom is -0.467 e. The highest BCUT2D eigenvalue weighted by molar-refractivity contribution is 6.03. The summed E-state index contributed by atoms with van der Waals surface area (Å²) in [6, 6.07) is 23.3. The molecule has 5 heteroatoms. The molecule has 0 bridgehead atoms. The Bertz CT molecular complexity index is 956. The van der Waals surface area contributed by atoms with Gasteiger partial charge in [0.15, 0.2) is 0 Å². The van der Waals surface area contributed by atoms with Crippen LogP contribution in [0, 0.1) is 0 Å². The standard InChI is InChI=1S/C23H22N2O3/c1-28-23(27)21(14-16-8-4-2-5-9-16)25-22(26)19-13-12-18(24)15-20(19)17-10-6-3-7-11-17/h2-13,15,21H,14,24H2,1H3,(H,25,26)/t21-/m1/s1. The van der Waals surface area contributed by atoms with E-state index in [1.807, 2.05) is 60.7 Å². The molecule has 0 spiro atoms. The predicted octanol–water partition coefficient (Wildman–Crippen LogP) is 3.45. The molecule has 0 unspecified atom stereocenters. The highest BCUT2D eigenvalue weighted by atomic mass is 16.5. The van der Waals surface area contributed by atoms with Crippen LogP contribution in [0.1, 0.15) is 15.9 Å². The van der Waals surface area contributed by atoms with Crippen molar-refractivity contribution in [1.29, 1.82) is 0 Å². The molecular formula is C23H22N2O3. The normalized spacial score (nSPS) is 11.5. The summed E-state index contributed by atoms with van der Waals surface area (Å²) in [4.78, 5) is 25.2. The summed E-state index contributed by atoms with van der Waals surface area (Å²) in [5.74, 6) is -0.848. The number of esters is 1. The van der Waals surface area contributed by atoms with Crippen LogP contribution in [0.5, 0.6) is 0 Å². The van der Waals surface area contributed by atoms with Gasteiger partial charge in [-0.2, -0.15) is 0 Å². The van der Waals surface area contributed by atoms with Gasteiger partial charge in [-0.1, -0.05) is 60.7 Å². The molecule has 1 amide bonds. The van der Waals surface area contributed by atoms with E-state index in [-0.39, 0.29) is 5.91 Å². The van der Waals surface area contributed by atoms with Crippen LogP contribution < -0.4 is 11.1 Å². The molecule has 0 heterocycles. The largest absolute Gasteiger partial charge is 0.467 e. The molecule has 0 saturated heterocycles. The second-order valence-corrected chi connectivity index (χ2v) is 6.41. The first-order chi connectivity index (χ1) is 13.6. The number of ether oxygens (including phenoxy) is 1. The van der Waals surface area contributed by atoms with Crippen LogP contribution in [-0.2, 0) is 16.0 Å². The summed E-state index contributed by atoms with van der Waals surface area (Å²) in [5.41, 5.74) is 9.45. The van der Waals surface area contributed by atoms with Crippen molar-refractivity contribution in [3.8, 4) is 11.1 Å². The van der Waals surface area contributed by atoms with Gasteiger partial charge >= 0.3 is 5.97 Å². The highest BCUT2D eigenvalue weighted by Gasteiger charge is 2.24. The van der Waals surface area contributed by atoms with E-state index >= 15 is 0 Å². The monoisotopic (exact) mass is 374 g/mol. The SMILES string of the molecule is COC(=O)[C@@H](Cc1ccccc1)NC(=O)c1ccc(N)cc1-c1ccccc1.